The third kappa shape index (κ3) is 2.03. The molecule has 2 aliphatic rings. The lowest BCUT2D eigenvalue weighted by Crippen LogP contribution is -2.42. The number of aromatic nitrogens is 1. The van der Waals surface area contributed by atoms with Crippen molar-refractivity contribution in [2.75, 3.05) is 26.7 Å². The molecule has 0 spiro atoms. The van der Waals surface area contributed by atoms with Crippen LogP contribution in [0.1, 0.15) is 18.0 Å². The number of nitrogens with zero attached hydrogens (tertiary/aromatic N) is 3. The van der Waals surface area contributed by atoms with E-state index in [1.165, 1.54) is 0 Å². The molecule has 18 heavy (non-hydrogen) atoms. The van der Waals surface area contributed by atoms with Gasteiger partial charge in [0.05, 0.1) is 11.6 Å². The number of hydrogen-bond donors (Lipinski definition) is 0. The molecule has 98 valence electrons. The number of fused-ring (bicyclic) bond motifs is 1. The van der Waals surface area contributed by atoms with Crippen molar-refractivity contribution in [1.82, 2.24) is 14.8 Å². The van der Waals surface area contributed by atoms with Crippen LogP contribution in [0.4, 0.5) is 0 Å². The number of carbonyl (C=O) groups excluding carboxylic acids is 1. The molecule has 3 rings (SSSR count). The summed E-state index contributed by atoms with van der Waals surface area (Å²) in [6, 6.07) is 0. The van der Waals surface area contributed by atoms with Crippen LogP contribution in [0, 0.1) is 18.8 Å². The van der Waals surface area contributed by atoms with Gasteiger partial charge < -0.3 is 9.32 Å². The minimum atomic E-state index is 0.191. The van der Waals surface area contributed by atoms with Crippen LogP contribution in [0.15, 0.2) is 10.7 Å². The van der Waals surface area contributed by atoms with Crippen LogP contribution in [-0.4, -0.2) is 47.4 Å². The molecule has 1 aromatic heterocycles. The van der Waals surface area contributed by atoms with Gasteiger partial charge in [0.25, 0.3) is 0 Å². The molecule has 5 nitrogen and oxygen atoms in total. The van der Waals surface area contributed by atoms with Crippen LogP contribution in [0.5, 0.6) is 0 Å². The molecule has 2 aliphatic heterocycles. The molecule has 0 bridgehead atoms. The first-order valence-electron chi connectivity index (χ1n) is 6.52. The monoisotopic (exact) mass is 249 g/mol. The molecule has 2 saturated heterocycles. The summed E-state index contributed by atoms with van der Waals surface area (Å²) in [5.41, 5.74) is 0.965. The van der Waals surface area contributed by atoms with Gasteiger partial charge in [-0.05, 0) is 12.3 Å². The third-order valence-electron chi connectivity index (χ3n) is 4.10. The van der Waals surface area contributed by atoms with Gasteiger partial charge in [0.15, 0.2) is 5.89 Å². The van der Waals surface area contributed by atoms with Crippen LogP contribution >= 0.6 is 0 Å². The lowest BCUT2D eigenvalue weighted by atomic mass is 9.88. The van der Waals surface area contributed by atoms with Crippen molar-refractivity contribution in [3.8, 4) is 0 Å². The minimum Gasteiger partial charge on any atom is -0.449 e. The largest absolute Gasteiger partial charge is 0.449 e. The Morgan fingerprint density at radius 3 is 3.06 bits per heavy atom. The van der Waals surface area contributed by atoms with Gasteiger partial charge in [-0.1, -0.05) is 0 Å². The second kappa shape index (κ2) is 4.39. The number of likely N-dealkylation sites (tertiary alicyclic amines) is 2. The van der Waals surface area contributed by atoms with E-state index in [1.807, 2.05) is 18.9 Å². The van der Waals surface area contributed by atoms with Gasteiger partial charge in [0.2, 0.25) is 5.91 Å². The number of aryl methyl sites for hydroxylation is 1. The minimum absolute atomic E-state index is 0.191. The molecule has 0 aliphatic carbocycles. The number of rotatable bonds is 2. The summed E-state index contributed by atoms with van der Waals surface area (Å²) in [5, 5.41) is 0. The Bertz CT molecular complexity index is 457. The van der Waals surface area contributed by atoms with E-state index in [1.54, 1.807) is 6.26 Å². The van der Waals surface area contributed by atoms with Crippen molar-refractivity contribution < 1.29 is 9.21 Å². The van der Waals surface area contributed by atoms with Crippen LogP contribution in [-0.2, 0) is 11.3 Å². The topological polar surface area (TPSA) is 49.6 Å². The van der Waals surface area contributed by atoms with Crippen molar-refractivity contribution in [1.29, 1.82) is 0 Å². The summed E-state index contributed by atoms with van der Waals surface area (Å²) in [6.45, 7) is 5.42. The van der Waals surface area contributed by atoms with E-state index in [0.29, 0.717) is 17.7 Å². The summed E-state index contributed by atoms with van der Waals surface area (Å²) in [4.78, 5) is 20.6. The first-order valence-corrected chi connectivity index (χ1v) is 6.52. The molecule has 2 atom stereocenters. The van der Waals surface area contributed by atoms with Crippen LogP contribution < -0.4 is 0 Å². The molecule has 0 aromatic carbocycles. The number of hydrogen-bond acceptors (Lipinski definition) is 4. The number of piperidine rings is 1. The molecule has 0 unspecified atom stereocenters. The average Bonchev–Trinajstić information content (AvgIpc) is 2.91. The number of carbonyl (C=O) groups is 1. The van der Waals surface area contributed by atoms with E-state index in [9.17, 15) is 4.79 Å². The molecular weight excluding hydrogens is 230 g/mol. The second-order valence-corrected chi connectivity index (χ2v) is 5.47. The van der Waals surface area contributed by atoms with E-state index in [2.05, 4.69) is 9.88 Å². The molecule has 0 saturated carbocycles. The average molecular weight is 249 g/mol. The fraction of sp³-hybridized carbons (Fsp3) is 0.692. The quantitative estimate of drug-likeness (QED) is 0.781. The maximum atomic E-state index is 12.1. The van der Waals surface area contributed by atoms with Gasteiger partial charge in [-0.25, -0.2) is 4.98 Å². The number of oxazole rings is 1. The maximum absolute atomic E-state index is 12.1. The molecular formula is C13H19N3O2. The van der Waals surface area contributed by atoms with Crippen molar-refractivity contribution in [2.45, 2.75) is 19.9 Å². The van der Waals surface area contributed by atoms with Crippen LogP contribution in [0.25, 0.3) is 0 Å². The van der Waals surface area contributed by atoms with Gasteiger partial charge in [0.1, 0.15) is 6.26 Å². The Balaban J connectivity index is 1.66. The molecule has 3 heterocycles. The lowest BCUT2D eigenvalue weighted by molar-refractivity contribution is -0.137. The summed E-state index contributed by atoms with van der Waals surface area (Å²) in [6.07, 6.45) is 2.84. The standard InChI is InChI=1S/C13H19N3O2/c1-9-14-11(8-18-9)6-16-5-10-3-4-15(2)13(17)12(10)7-16/h8,10,12H,3-7H2,1-2H3/t10-,12+/m1/s1. The van der Waals surface area contributed by atoms with E-state index < -0.39 is 0 Å². The Morgan fingerprint density at radius 2 is 2.33 bits per heavy atom. The fourth-order valence-corrected chi connectivity index (χ4v) is 3.12. The summed E-state index contributed by atoms with van der Waals surface area (Å²) < 4.78 is 5.22. The summed E-state index contributed by atoms with van der Waals surface area (Å²) in [5.74, 6) is 1.74. The van der Waals surface area contributed by atoms with Gasteiger partial charge in [-0.2, -0.15) is 0 Å². The molecule has 5 heteroatoms. The molecule has 1 amide bonds. The first kappa shape index (κ1) is 11.7. The summed E-state index contributed by atoms with van der Waals surface area (Å²) in [7, 11) is 1.90. The van der Waals surface area contributed by atoms with Crippen molar-refractivity contribution in [3.05, 3.63) is 17.8 Å². The normalized spacial score (nSPS) is 28.8. The zero-order chi connectivity index (χ0) is 12.7. The maximum Gasteiger partial charge on any atom is 0.227 e. The Morgan fingerprint density at radius 1 is 1.50 bits per heavy atom. The SMILES string of the molecule is Cc1nc(CN2C[C@H]3CCN(C)C(=O)[C@H]3C2)co1. The van der Waals surface area contributed by atoms with Crippen molar-refractivity contribution >= 4 is 5.91 Å². The fourth-order valence-electron chi connectivity index (χ4n) is 3.12. The predicted octanol–water partition coefficient (Wildman–Crippen LogP) is 0.893. The Kier molecular flexibility index (Phi) is 2.86. The second-order valence-electron chi connectivity index (χ2n) is 5.47. The highest BCUT2D eigenvalue weighted by Gasteiger charge is 2.41. The highest BCUT2D eigenvalue weighted by molar-refractivity contribution is 5.80. The molecule has 0 radical (unpaired) electrons. The zero-order valence-corrected chi connectivity index (χ0v) is 10.9. The van der Waals surface area contributed by atoms with Gasteiger partial charge in [-0.3, -0.25) is 9.69 Å². The smallest absolute Gasteiger partial charge is 0.227 e. The van der Waals surface area contributed by atoms with Gasteiger partial charge in [0, 0.05) is 40.2 Å². The zero-order valence-electron chi connectivity index (χ0n) is 10.9. The van der Waals surface area contributed by atoms with Crippen LogP contribution in [0.3, 0.4) is 0 Å². The van der Waals surface area contributed by atoms with Gasteiger partial charge >= 0.3 is 0 Å². The van der Waals surface area contributed by atoms with E-state index in [-0.39, 0.29) is 5.92 Å². The van der Waals surface area contributed by atoms with E-state index >= 15 is 0 Å². The highest BCUT2D eigenvalue weighted by atomic mass is 16.3. The highest BCUT2D eigenvalue weighted by Crippen LogP contribution is 2.32. The Hall–Kier alpha value is -1.36. The first-order chi connectivity index (χ1) is 8.63. The molecule has 1 aromatic rings. The third-order valence-corrected chi connectivity index (χ3v) is 4.10. The summed E-state index contributed by atoms with van der Waals surface area (Å²) >= 11 is 0. The van der Waals surface area contributed by atoms with Gasteiger partial charge in [-0.15, -0.1) is 0 Å². The van der Waals surface area contributed by atoms with E-state index in [0.717, 1.165) is 38.3 Å². The predicted molar refractivity (Wildman–Crippen MR) is 65.8 cm³/mol. The van der Waals surface area contributed by atoms with Crippen molar-refractivity contribution in [3.63, 3.8) is 0 Å². The Labute approximate surface area is 107 Å². The van der Waals surface area contributed by atoms with E-state index in [4.69, 9.17) is 4.42 Å². The molecule has 0 N–H and O–H groups in total. The van der Waals surface area contributed by atoms with Crippen molar-refractivity contribution in [2.24, 2.45) is 11.8 Å². The molecule has 2 fully saturated rings. The number of amides is 1. The lowest BCUT2D eigenvalue weighted by Gasteiger charge is -2.30. The van der Waals surface area contributed by atoms with Crippen LogP contribution in [0.2, 0.25) is 0 Å².